The Morgan fingerprint density at radius 2 is 1.92 bits per heavy atom. The minimum absolute atomic E-state index is 0.0138. The fourth-order valence-corrected chi connectivity index (χ4v) is 6.08. The van der Waals surface area contributed by atoms with Gasteiger partial charge in [0.25, 0.3) is 0 Å². The first-order chi connectivity index (χ1) is 11.3. The number of rotatable bonds is 5. The van der Waals surface area contributed by atoms with Crippen LogP contribution in [0, 0.1) is 22.7 Å². The normalized spacial score (nSPS) is 42.7. The lowest BCUT2D eigenvalue weighted by Gasteiger charge is -2.59. The van der Waals surface area contributed by atoms with Crippen molar-refractivity contribution in [3.05, 3.63) is 11.6 Å². The van der Waals surface area contributed by atoms with Crippen LogP contribution in [0.1, 0.15) is 59.3 Å². The average Bonchev–Trinajstić information content (AvgIpc) is 3.29. The Bertz CT molecular complexity index is 494. The maximum absolute atomic E-state index is 9.86. The van der Waals surface area contributed by atoms with E-state index in [1.807, 2.05) is 6.08 Å². The van der Waals surface area contributed by atoms with E-state index in [9.17, 15) is 10.2 Å². The van der Waals surface area contributed by atoms with E-state index in [2.05, 4.69) is 20.8 Å². The van der Waals surface area contributed by atoms with E-state index in [1.165, 1.54) is 25.7 Å². The van der Waals surface area contributed by atoms with Gasteiger partial charge in [-0.25, -0.2) is 0 Å². The predicted octanol–water partition coefficient (Wildman–Crippen LogP) is 2.66. The van der Waals surface area contributed by atoms with Crippen LogP contribution in [0.4, 0.5) is 0 Å². The lowest BCUT2D eigenvalue weighted by Crippen LogP contribution is -2.54. The molecule has 5 unspecified atom stereocenters. The molecule has 1 heterocycles. The first-order valence-corrected chi connectivity index (χ1v) is 9.52. The highest BCUT2D eigenvalue weighted by Gasteiger charge is 2.64. The number of ether oxygens (including phenoxy) is 1. The summed E-state index contributed by atoms with van der Waals surface area (Å²) in [5.41, 5.74) is 1.17. The molecule has 2 saturated carbocycles. The molecule has 0 aromatic heterocycles. The zero-order valence-corrected chi connectivity index (χ0v) is 15.4. The van der Waals surface area contributed by atoms with E-state index in [1.54, 1.807) is 0 Å². The van der Waals surface area contributed by atoms with Crippen molar-refractivity contribution in [2.45, 2.75) is 71.0 Å². The number of hydrogen-bond acceptors (Lipinski definition) is 4. The van der Waals surface area contributed by atoms with Crippen LogP contribution in [0.25, 0.3) is 0 Å². The molecule has 1 aliphatic heterocycles. The monoisotopic (exact) mass is 338 g/mol. The molecule has 4 nitrogen and oxygen atoms in total. The van der Waals surface area contributed by atoms with Gasteiger partial charge in [-0.3, -0.25) is 0 Å². The summed E-state index contributed by atoms with van der Waals surface area (Å²) in [6.45, 7) is 7.59. The Balaban J connectivity index is 1.87. The van der Waals surface area contributed by atoms with E-state index in [0.717, 1.165) is 19.4 Å². The van der Waals surface area contributed by atoms with Gasteiger partial charge in [-0.2, -0.15) is 0 Å². The van der Waals surface area contributed by atoms with E-state index in [-0.39, 0.29) is 24.2 Å². The lowest BCUT2D eigenvalue weighted by atomic mass is 9.46. The van der Waals surface area contributed by atoms with Gasteiger partial charge in [-0.15, -0.1) is 0 Å². The van der Waals surface area contributed by atoms with Gasteiger partial charge in [0.05, 0.1) is 25.4 Å². The summed E-state index contributed by atoms with van der Waals surface area (Å²) in [6, 6.07) is 0. The highest BCUT2D eigenvalue weighted by Crippen LogP contribution is 2.66. The van der Waals surface area contributed by atoms with Crippen molar-refractivity contribution in [2.24, 2.45) is 22.7 Å². The standard InChI is InChI=1S/C20H34O4/c1-18(2)8-4-9-19(3)16(18)7-10-20(13-24-20)17(19)6-5-14(11-21)15(23)12-22/h5,15-17,21-23H,4,6-13H2,1-3H3. The molecule has 3 aliphatic rings. The molecule has 1 spiro atoms. The fraction of sp³-hybridized carbons (Fsp3) is 0.900. The first kappa shape index (κ1) is 18.4. The van der Waals surface area contributed by atoms with E-state index < -0.39 is 6.10 Å². The van der Waals surface area contributed by atoms with Crippen molar-refractivity contribution in [1.29, 1.82) is 0 Å². The SMILES string of the molecule is CC1(C)CCCC2(C)C1CCC1(CO1)C2CC=C(CO)C(O)CO. The molecule has 0 amide bonds. The van der Waals surface area contributed by atoms with Gasteiger partial charge in [0.1, 0.15) is 6.10 Å². The van der Waals surface area contributed by atoms with Crippen LogP contribution in [0.5, 0.6) is 0 Å². The maximum Gasteiger partial charge on any atom is 0.100 e. The number of aliphatic hydroxyl groups is 3. The van der Waals surface area contributed by atoms with Crippen molar-refractivity contribution in [3.63, 3.8) is 0 Å². The van der Waals surface area contributed by atoms with E-state index >= 15 is 0 Å². The minimum atomic E-state index is -0.957. The summed E-state index contributed by atoms with van der Waals surface area (Å²) in [5.74, 6) is 1.13. The molecule has 138 valence electrons. The highest BCUT2D eigenvalue weighted by atomic mass is 16.6. The number of allylic oxidation sites excluding steroid dienone is 1. The van der Waals surface area contributed by atoms with Crippen molar-refractivity contribution in [3.8, 4) is 0 Å². The van der Waals surface area contributed by atoms with Crippen molar-refractivity contribution in [1.82, 2.24) is 0 Å². The van der Waals surface area contributed by atoms with Gasteiger partial charge < -0.3 is 20.1 Å². The molecule has 3 N–H and O–H groups in total. The van der Waals surface area contributed by atoms with Crippen LogP contribution in [-0.2, 0) is 4.74 Å². The largest absolute Gasteiger partial charge is 0.393 e. The van der Waals surface area contributed by atoms with Crippen molar-refractivity contribution in [2.75, 3.05) is 19.8 Å². The molecular weight excluding hydrogens is 304 g/mol. The Labute approximate surface area is 145 Å². The van der Waals surface area contributed by atoms with Gasteiger partial charge in [-0.05, 0) is 60.3 Å². The molecule has 3 fully saturated rings. The molecule has 2 aliphatic carbocycles. The molecular formula is C20H34O4. The number of epoxide rings is 1. The summed E-state index contributed by atoms with van der Waals surface area (Å²) >= 11 is 0. The zero-order valence-electron chi connectivity index (χ0n) is 15.4. The second-order valence-corrected chi connectivity index (χ2v) is 9.22. The van der Waals surface area contributed by atoms with Gasteiger partial charge in [0, 0.05) is 0 Å². The van der Waals surface area contributed by atoms with Gasteiger partial charge >= 0.3 is 0 Å². The van der Waals surface area contributed by atoms with E-state index in [4.69, 9.17) is 9.84 Å². The van der Waals surface area contributed by atoms with Crippen LogP contribution in [-0.4, -0.2) is 46.8 Å². The topological polar surface area (TPSA) is 73.2 Å². The van der Waals surface area contributed by atoms with Crippen LogP contribution >= 0.6 is 0 Å². The molecule has 0 bridgehead atoms. The molecule has 0 aromatic rings. The van der Waals surface area contributed by atoms with Crippen LogP contribution < -0.4 is 0 Å². The molecule has 0 aromatic carbocycles. The molecule has 24 heavy (non-hydrogen) atoms. The van der Waals surface area contributed by atoms with Crippen LogP contribution in [0.15, 0.2) is 11.6 Å². The third kappa shape index (κ3) is 2.96. The second kappa shape index (κ2) is 6.39. The lowest BCUT2D eigenvalue weighted by molar-refractivity contribution is -0.104. The van der Waals surface area contributed by atoms with Gasteiger partial charge in [0.15, 0.2) is 0 Å². The quantitative estimate of drug-likeness (QED) is 0.532. The molecule has 0 radical (unpaired) electrons. The summed E-state index contributed by atoms with van der Waals surface area (Å²) in [6.07, 6.45) is 8.00. The first-order valence-electron chi connectivity index (χ1n) is 9.52. The Morgan fingerprint density at radius 1 is 1.21 bits per heavy atom. The summed E-state index contributed by atoms with van der Waals surface area (Å²) in [4.78, 5) is 0. The summed E-state index contributed by atoms with van der Waals surface area (Å²) < 4.78 is 5.98. The maximum atomic E-state index is 9.86. The number of fused-ring (bicyclic) bond motifs is 1. The van der Waals surface area contributed by atoms with Gasteiger partial charge in [0.2, 0.25) is 0 Å². The molecule has 4 heteroatoms. The number of aliphatic hydroxyl groups excluding tert-OH is 3. The highest BCUT2D eigenvalue weighted by molar-refractivity contribution is 5.17. The number of hydrogen-bond donors (Lipinski definition) is 3. The van der Waals surface area contributed by atoms with Crippen molar-refractivity contribution < 1.29 is 20.1 Å². The van der Waals surface area contributed by atoms with Crippen LogP contribution in [0.2, 0.25) is 0 Å². The minimum Gasteiger partial charge on any atom is -0.393 e. The second-order valence-electron chi connectivity index (χ2n) is 9.22. The third-order valence-corrected chi connectivity index (χ3v) is 7.48. The van der Waals surface area contributed by atoms with Gasteiger partial charge in [-0.1, -0.05) is 33.3 Å². The zero-order chi connectivity index (χ0) is 17.6. The van der Waals surface area contributed by atoms with Crippen molar-refractivity contribution >= 4 is 0 Å². The molecule has 3 rings (SSSR count). The smallest absolute Gasteiger partial charge is 0.100 e. The fourth-order valence-electron chi connectivity index (χ4n) is 6.08. The Morgan fingerprint density at radius 3 is 2.50 bits per heavy atom. The average molecular weight is 338 g/mol. The van der Waals surface area contributed by atoms with Crippen LogP contribution in [0.3, 0.4) is 0 Å². The molecule has 1 saturated heterocycles. The molecule has 5 atom stereocenters. The Kier molecular flexibility index (Phi) is 4.89. The predicted molar refractivity (Wildman–Crippen MR) is 93.5 cm³/mol. The third-order valence-electron chi connectivity index (χ3n) is 7.48. The summed E-state index contributed by atoms with van der Waals surface area (Å²) in [5, 5.41) is 28.5. The summed E-state index contributed by atoms with van der Waals surface area (Å²) in [7, 11) is 0. The Hall–Kier alpha value is -0.420. The van der Waals surface area contributed by atoms with E-state index in [0.29, 0.717) is 22.8 Å².